The van der Waals surface area contributed by atoms with Crippen LogP contribution < -0.4 is 10.1 Å². The van der Waals surface area contributed by atoms with Crippen LogP contribution in [0.4, 0.5) is 0 Å². The number of hydrogen-bond acceptors (Lipinski definition) is 5. The molecule has 1 fully saturated rings. The fourth-order valence-electron chi connectivity index (χ4n) is 2.03. The topological polar surface area (TPSA) is 61.2 Å². The summed E-state index contributed by atoms with van der Waals surface area (Å²) in [5.74, 6) is 0. The Hall–Kier alpha value is -1.14. The first-order chi connectivity index (χ1) is 8.92. The molecule has 6 nitrogen and oxygen atoms in total. The van der Waals surface area contributed by atoms with Gasteiger partial charge >= 0.3 is 6.01 Å². The van der Waals surface area contributed by atoms with Gasteiger partial charge in [-0.3, -0.25) is 4.68 Å². The highest BCUT2D eigenvalue weighted by molar-refractivity contribution is 4.88. The molecule has 1 N–H and O–H groups in total. The second kappa shape index (κ2) is 5.88. The third kappa shape index (κ3) is 4.80. The van der Waals surface area contributed by atoms with Gasteiger partial charge in [-0.1, -0.05) is 0 Å². The number of nitrogens with one attached hydrogen (secondary N) is 1. The fraction of sp³-hybridized carbons (Fsp3) is 0.846. The highest BCUT2D eigenvalue weighted by Gasteiger charge is 2.26. The molecule has 2 unspecified atom stereocenters. The molecule has 1 aliphatic rings. The summed E-state index contributed by atoms with van der Waals surface area (Å²) < 4.78 is 13.1. The molecule has 1 aromatic rings. The zero-order chi connectivity index (χ0) is 13.9. The zero-order valence-corrected chi connectivity index (χ0v) is 12.2. The number of nitrogens with zero attached hydrogens (tertiary/aromatic N) is 3. The van der Waals surface area contributed by atoms with E-state index < -0.39 is 0 Å². The van der Waals surface area contributed by atoms with Crippen molar-refractivity contribution >= 4 is 0 Å². The van der Waals surface area contributed by atoms with Gasteiger partial charge in [0.1, 0.15) is 12.9 Å². The van der Waals surface area contributed by atoms with E-state index in [4.69, 9.17) is 9.47 Å². The van der Waals surface area contributed by atoms with Crippen molar-refractivity contribution in [2.24, 2.45) is 7.05 Å². The van der Waals surface area contributed by atoms with Gasteiger partial charge in [-0.05, 0) is 33.6 Å². The van der Waals surface area contributed by atoms with E-state index >= 15 is 0 Å². The Labute approximate surface area is 114 Å². The highest BCUT2D eigenvalue weighted by atomic mass is 16.5. The minimum atomic E-state index is 0.135. The fourth-order valence-corrected chi connectivity index (χ4v) is 2.03. The lowest BCUT2D eigenvalue weighted by molar-refractivity contribution is 0.0142. The Balaban J connectivity index is 1.67. The normalized spacial score (nSPS) is 23.8. The summed E-state index contributed by atoms with van der Waals surface area (Å²) in [5.41, 5.74) is 0.135. The molecule has 0 spiro atoms. The van der Waals surface area contributed by atoms with Gasteiger partial charge in [-0.25, -0.2) is 0 Å². The molecule has 19 heavy (non-hydrogen) atoms. The lowest BCUT2D eigenvalue weighted by Crippen LogP contribution is -2.41. The minimum Gasteiger partial charge on any atom is -0.460 e. The van der Waals surface area contributed by atoms with Crippen LogP contribution >= 0.6 is 0 Å². The van der Waals surface area contributed by atoms with E-state index in [-0.39, 0.29) is 17.7 Å². The van der Waals surface area contributed by atoms with Crippen molar-refractivity contribution < 1.29 is 9.47 Å². The van der Waals surface area contributed by atoms with Crippen LogP contribution in [0.2, 0.25) is 0 Å². The largest absolute Gasteiger partial charge is 0.460 e. The first-order valence-corrected chi connectivity index (χ1v) is 6.81. The van der Waals surface area contributed by atoms with Gasteiger partial charge in [0.2, 0.25) is 0 Å². The molecule has 108 valence electrons. The third-order valence-corrected chi connectivity index (χ3v) is 3.03. The summed E-state index contributed by atoms with van der Waals surface area (Å²) in [5, 5.41) is 7.54. The minimum absolute atomic E-state index is 0.135. The molecule has 0 bridgehead atoms. The van der Waals surface area contributed by atoms with Crippen molar-refractivity contribution in [1.29, 1.82) is 0 Å². The number of hydrogen-bond donors (Lipinski definition) is 1. The van der Waals surface area contributed by atoms with Gasteiger partial charge in [0.05, 0.1) is 12.2 Å². The smallest absolute Gasteiger partial charge is 0.335 e. The summed E-state index contributed by atoms with van der Waals surface area (Å²) in [6.45, 7) is 7.90. The number of rotatable bonds is 5. The van der Waals surface area contributed by atoms with Crippen molar-refractivity contribution in [2.45, 2.75) is 51.4 Å². The first-order valence-electron chi connectivity index (χ1n) is 6.81. The second-order valence-electron chi connectivity index (χ2n) is 6.10. The first kappa shape index (κ1) is 14.3. The van der Waals surface area contributed by atoms with Crippen LogP contribution in [0.5, 0.6) is 6.01 Å². The Morgan fingerprint density at radius 1 is 1.42 bits per heavy atom. The highest BCUT2D eigenvalue weighted by Crippen LogP contribution is 2.20. The third-order valence-electron chi connectivity index (χ3n) is 3.03. The second-order valence-corrected chi connectivity index (χ2v) is 6.10. The van der Waals surface area contributed by atoms with Crippen LogP contribution in [-0.4, -0.2) is 45.7 Å². The van der Waals surface area contributed by atoms with Gasteiger partial charge in [0.15, 0.2) is 0 Å². The number of aryl methyl sites for hydroxylation is 1. The van der Waals surface area contributed by atoms with E-state index in [0.717, 1.165) is 19.4 Å². The van der Waals surface area contributed by atoms with Crippen molar-refractivity contribution in [1.82, 2.24) is 20.1 Å². The maximum Gasteiger partial charge on any atom is 0.335 e. The molecular formula is C13H24N4O2. The zero-order valence-electron chi connectivity index (χ0n) is 12.2. The van der Waals surface area contributed by atoms with E-state index in [0.29, 0.717) is 12.6 Å². The van der Waals surface area contributed by atoms with Crippen molar-refractivity contribution in [2.75, 3.05) is 13.2 Å². The predicted molar refractivity (Wildman–Crippen MR) is 72.1 cm³/mol. The Morgan fingerprint density at radius 3 is 2.79 bits per heavy atom. The van der Waals surface area contributed by atoms with Crippen LogP contribution in [-0.2, 0) is 11.8 Å². The van der Waals surface area contributed by atoms with E-state index in [1.807, 2.05) is 7.05 Å². The summed E-state index contributed by atoms with van der Waals surface area (Å²) in [7, 11) is 1.82. The van der Waals surface area contributed by atoms with Crippen LogP contribution in [0.1, 0.15) is 33.6 Å². The molecule has 2 rings (SSSR count). The lowest BCUT2D eigenvalue weighted by atomic mass is 10.1. The SMILES string of the molecule is Cn1cnc(OCC2CCC(CNC(C)(C)C)O2)n1. The van der Waals surface area contributed by atoms with E-state index in [9.17, 15) is 0 Å². The molecule has 0 amide bonds. The molecule has 0 saturated carbocycles. The Morgan fingerprint density at radius 2 is 2.16 bits per heavy atom. The molecule has 2 atom stereocenters. The van der Waals surface area contributed by atoms with Crippen molar-refractivity contribution in [3.05, 3.63) is 6.33 Å². The standard InChI is InChI=1S/C13H24N4O2/c1-13(2,3)15-7-10-5-6-11(19-10)8-18-12-14-9-17(4)16-12/h9-11,15H,5-8H2,1-4H3. The van der Waals surface area contributed by atoms with E-state index in [1.54, 1.807) is 11.0 Å². The van der Waals surface area contributed by atoms with Crippen LogP contribution in [0.15, 0.2) is 6.33 Å². The predicted octanol–water partition coefficient (Wildman–Crippen LogP) is 1.13. The van der Waals surface area contributed by atoms with Gasteiger partial charge < -0.3 is 14.8 Å². The van der Waals surface area contributed by atoms with Gasteiger partial charge in [-0.2, -0.15) is 4.98 Å². The Kier molecular flexibility index (Phi) is 4.42. The molecule has 1 aromatic heterocycles. The molecular weight excluding hydrogens is 244 g/mol. The monoisotopic (exact) mass is 268 g/mol. The molecule has 1 saturated heterocycles. The molecule has 6 heteroatoms. The van der Waals surface area contributed by atoms with Gasteiger partial charge in [0, 0.05) is 19.1 Å². The van der Waals surface area contributed by atoms with Crippen molar-refractivity contribution in [3.63, 3.8) is 0 Å². The number of ether oxygens (including phenoxy) is 2. The van der Waals surface area contributed by atoms with Gasteiger partial charge in [0.25, 0.3) is 0 Å². The van der Waals surface area contributed by atoms with Crippen LogP contribution in [0.25, 0.3) is 0 Å². The molecule has 0 aromatic carbocycles. The molecule has 0 radical (unpaired) electrons. The molecule has 2 heterocycles. The summed E-state index contributed by atoms with van der Waals surface area (Å²) >= 11 is 0. The number of aromatic nitrogens is 3. The molecule has 1 aliphatic heterocycles. The average Bonchev–Trinajstić information content (AvgIpc) is 2.92. The lowest BCUT2D eigenvalue weighted by Gasteiger charge is -2.23. The summed E-state index contributed by atoms with van der Waals surface area (Å²) in [4.78, 5) is 4.03. The van der Waals surface area contributed by atoms with Crippen molar-refractivity contribution in [3.8, 4) is 6.01 Å². The van der Waals surface area contributed by atoms with Crippen LogP contribution in [0, 0.1) is 0 Å². The van der Waals surface area contributed by atoms with E-state index in [1.165, 1.54) is 0 Å². The summed E-state index contributed by atoms with van der Waals surface area (Å²) in [6.07, 6.45) is 4.16. The quantitative estimate of drug-likeness (QED) is 0.867. The van der Waals surface area contributed by atoms with Crippen LogP contribution in [0.3, 0.4) is 0 Å². The maximum atomic E-state index is 5.94. The van der Waals surface area contributed by atoms with E-state index in [2.05, 4.69) is 36.2 Å². The average molecular weight is 268 g/mol. The molecule has 0 aliphatic carbocycles. The summed E-state index contributed by atoms with van der Waals surface area (Å²) in [6, 6.07) is 0.419. The maximum absolute atomic E-state index is 5.94. The van der Waals surface area contributed by atoms with Gasteiger partial charge in [-0.15, -0.1) is 5.10 Å². The Bertz CT molecular complexity index is 400.